The first-order valence-corrected chi connectivity index (χ1v) is 8.92. The summed E-state index contributed by atoms with van der Waals surface area (Å²) >= 11 is 0. The average Bonchev–Trinajstić information content (AvgIpc) is 2.59. The molecule has 1 fully saturated rings. The van der Waals surface area contributed by atoms with Crippen molar-refractivity contribution in [3.05, 3.63) is 35.4 Å². The maximum atomic E-state index is 12.6. The van der Waals surface area contributed by atoms with Crippen LogP contribution >= 0.6 is 12.4 Å². The van der Waals surface area contributed by atoms with Gasteiger partial charge in [-0.1, -0.05) is 20.8 Å². The van der Waals surface area contributed by atoms with E-state index in [4.69, 9.17) is 5.73 Å². The number of piperidine rings is 1. The molecule has 0 spiro atoms. The van der Waals surface area contributed by atoms with Gasteiger partial charge in [0.15, 0.2) is 0 Å². The van der Waals surface area contributed by atoms with Crippen molar-refractivity contribution in [1.82, 2.24) is 10.2 Å². The number of hydrogen-bond acceptors (Lipinski definition) is 3. The Kier molecular flexibility index (Phi) is 7.91. The van der Waals surface area contributed by atoms with Crippen molar-refractivity contribution in [2.75, 3.05) is 13.1 Å². The Hall–Kier alpha value is -1.80. The van der Waals surface area contributed by atoms with Gasteiger partial charge in [0.05, 0.1) is 11.6 Å². The van der Waals surface area contributed by atoms with E-state index in [0.29, 0.717) is 25.9 Å². The molecule has 3 N–H and O–H groups in total. The molecule has 1 aromatic rings. The number of hydrogen-bond donors (Lipinski definition) is 2. The molecule has 158 valence electrons. The van der Waals surface area contributed by atoms with Gasteiger partial charge in [0.25, 0.3) is 5.91 Å². The smallest absolute Gasteiger partial charge is 0.349 e. The molecule has 1 aliphatic heterocycles. The summed E-state index contributed by atoms with van der Waals surface area (Å²) in [5, 5.41) is 2.82. The lowest BCUT2D eigenvalue weighted by molar-refractivity contribution is -0.138. The van der Waals surface area contributed by atoms with Crippen LogP contribution in [0.25, 0.3) is 0 Å². The number of rotatable bonds is 3. The summed E-state index contributed by atoms with van der Waals surface area (Å²) in [5.74, 6) is -0.519. The predicted octanol–water partition coefficient (Wildman–Crippen LogP) is 3.22. The van der Waals surface area contributed by atoms with Crippen LogP contribution in [0.1, 0.15) is 49.5 Å². The molecule has 0 bridgehead atoms. The quantitative estimate of drug-likeness (QED) is 0.786. The lowest BCUT2D eigenvalue weighted by atomic mass is 9.86. The van der Waals surface area contributed by atoms with Gasteiger partial charge in [-0.15, -0.1) is 12.4 Å². The molecule has 1 heterocycles. The Bertz CT molecular complexity index is 679. The number of alkyl halides is 3. The monoisotopic (exact) mass is 421 g/mol. The number of benzene rings is 1. The highest BCUT2D eigenvalue weighted by atomic mass is 35.5. The fourth-order valence-corrected chi connectivity index (χ4v) is 2.89. The number of nitrogens with two attached hydrogens (primary N) is 1. The first-order valence-electron chi connectivity index (χ1n) is 8.92. The fourth-order valence-electron chi connectivity index (χ4n) is 2.89. The molecule has 2 amide bonds. The van der Waals surface area contributed by atoms with Crippen LogP contribution < -0.4 is 11.1 Å². The molecule has 0 aliphatic carbocycles. The zero-order valence-electron chi connectivity index (χ0n) is 16.2. The van der Waals surface area contributed by atoms with Gasteiger partial charge in [-0.3, -0.25) is 9.59 Å². The normalized spacial score (nSPS) is 16.9. The van der Waals surface area contributed by atoms with Gasteiger partial charge in [0, 0.05) is 24.7 Å². The van der Waals surface area contributed by atoms with E-state index in [1.807, 2.05) is 20.8 Å². The zero-order chi connectivity index (χ0) is 20.4. The van der Waals surface area contributed by atoms with Crippen LogP contribution in [0.15, 0.2) is 24.3 Å². The first-order chi connectivity index (χ1) is 12.4. The van der Waals surface area contributed by atoms with Gasteiger partial charge in [-0.05, 0) is 42.5 Å². The van der Waals surface area contributed by atoms with Crippen molar-refractivity contribution < 1.29 is 22.8 Å². The summed E-state index contributed by atoms with van der Waals surface area (Å²) < 4.78 is 37.8. The summed E-state index contributed by atoms with van der Waals surface area (Å²) in [5.41, 5.74) is 5.08. The lowest BCUT2D eigenvalue weighted by Gasteiger charge is -2.36. The van der Waals surface area contributed by atoms with E-state index in [-0.39, 0.29) is 35.3 Å². The zero-order valence-corrected chi connectivity index (χ0v) is 17.0. The summed E-state index contributed by atoms with van der Waals surface area (Å²) in [4.78, 5) is 26.4. The highest BCUT2D eigenvalue weighted by Gasteiger charge is 2.33. The van der Waals surface area contributed by atoms with Gasteiger partial charge in [-0.2, -0.15) is 13.2 Å². The molecule has 1 atom stereocenters. The van der Waals surface area contributed by atoms with Crippen molar-refractivity contribution in [1.29, 1.82) is 0 Å². The molecular weight excluding hydrogens is 395 g/mol. The molecule has 0 radical (unpaired) electrons. The number of amides is 2. The van der Waals surface area contributed by atoms with Gasteiger partial charge in [0.1, 0.15) is 0 Å². The second-order valence-corrected chi connectivity index (χ2v) is 7.99. The van der Waals surface area contributed by atoms with Crippen LogP contribution in [0.4, 0.5) is 13.2 Å². The van der Waals surface area contributed by atoms with Gasteiger partial charge in [0.2, 0.25) is 5.91 Å². The number of nitrogens with one attached hydrogen (secondary N) is 1. The van der Waals surface area contributed by atoms with E-state index in [1.54, 1.807) is 4.90 Å². The van der Waals surface area contributed by atoms with E-state index < -0.39 is 23.7 Å². The third kappa shape index (κ3) is 6.10. The third-order valence-corrected chi connectivity index (χ3v) is 4.82. The molecular formula is C19H27ClF3N3O2. The van der Waals surface area contributed by atoms with Crippen molar-refractivity contribution in [2.24, 2.45) is 11.1 Å². The predicted molar refractivity (Wildman–Crippen MR) is 103 cm³/mol. The first kappa shape index (κ1) is 24.2. The Morgan fingerprint density at radius 3 is 2.04 bits per heavy atom. The van der Waals surface area contributed by atoms with Crippen LogP contribution in [-0.2, 0) is 11.0 Å². The van der Waals surface area contributed by atoms with Crippen LogP contribution in [0.5, 0.6) is 0 Å². The largest absolute Gasteiger partial charge is 0.416 e. The van der Waals surface area contributed by atoms with E-state index in [1.165, 1.54) is 12.1 Å². The third-order valence-electron chi connectivity index (χ3n) is 4.82. The average molecular weight is 422 g/mol. The Labute approximate surface area is 169 Å². The molecule has 0 saturated carbocycles. The highest BCUT2D eigenvalue weighted by molar-refractivity contribution is 5.94. The maximum Gasteiger partial charge on any atom is 0.416 e. The summed E-state index contributed by atoms with van der Waals surface area (Å²) in [7, 11) is 0. The number of carbonyl (C=O) groups is 2. The molecule has 0 aromatic heterocycles. The molecule has 1 saturated heterocycles. The van der Waals surface area contributed by atoms with Crippen molar-refractivity contribution in [2.45, 2.75) is 51.9 Å². The van der Waals surface area contributed by atoms with Gasteiger partial charge >= 0.3 is 6.18 Å². The van der Waals surface area contributed by atoms with Crippen molar-refractivity contribution in [3.8, 4) is 0 Å². The number of nitrogens with zero attached hydrogens (tertiary/aromatic N) is 1. The minimum atomic E-state index is -4.43. The Balaban J connectivity index is 0.00000392. The van der Waals surface area contributed by atoms with Crippen molar-refractivity contribution >= 4 is 24.2 Å². The standard InChI is InChI=1S/C19H26F3N3O2.ClH/c1-18(2,3)15(23)17(27)25-10-8-14(9-11-25)24-16(26)12-4-6-13(7-5-12)19(20,21)22;/h4-7,14-15H,8-11,23H2,1-3H3,(H,24,26);1H/t15-;/m1./s1. The Morgan fingerprint density at radius 1 is 1.11 bits per heavy atom. The van der Waals surface area contributed by atoms with E-state index in [9.17, 15) is 22.8 Å². The number of carbonyl (C=O) groups excluding carboxylic acids is 2. The van der Waals surface area contributed by atoms with E-state index >= 15 is 0 Å². The maximum absolute atomic E-state index is 12.6. The minimum Gasteiger partial charge on any atom is -0.349 e. The van der Waals surface area contributed by atoms with Gasteiger partial charge < -0.3 is 16.0 Å². The molecule has 0 unspecified atom stereocenters. The number of halogens is 4. The topological polar surface area (TPSA) is 75.4 Å². The highest BCUT2D eigenvalue weighted by Crippen LogP contribution is 2.29. The van der Waals surface area contributed by atoms with Crippen molar-refractivity contribution in [3.63, 3.8) is 0 Å². The molecule has 28 heavy (non-hydrogen) atoms. The summed E-state index contributed by atoms with van der Waals surface area (Å²) in [6, 6.07) is 3.40. The SMILES string of the molecule is CC(C)(C)[C@H](N)C(=O)N1CCC(NC(=O)c2ccc(C(F)(F)F)cc2)CC1.Cl. The molecule has 5 nitrogen and oxygen atoms in total. The number of likely N-dealkylation sites (tertiary alicyclic amines) is 1. The van der Waals surface area contributed by atoms with Crippen LogP contribution in [0.2, 0.25) is 0 Å². The molecule has 2 rings (SSSR count). The van der Waals surface area contributed by atoms with E-state index in [2.05, 4.69) is 5.32 Å². The molecule has 9 heteroatoms. The van der Waals surface area contributed by atoms with Crippen LogP contribution in [0, 0.1) is 5.41 Å². The Morgan fingerprint density at radius 2 is 1.61 bits per heavy atom. The fraction of sp³-hybridized carbons (Fsp3) is 0.579. The summed E-state index contributed by atoms with van der Waals surface area (Å²) in [6.45, 7) is 6.70. The van der Waals surface area contributed by atoms with E-state index in [0.717, 1.165) is 12.1 Å². The second kappa shape index (κ2) is 9.13. The minimum absolute atomic E-state index is 0. The molecule has 1 aromatic carbocycles. The van der Waals surface area contributed by atoms with Gasteiger partial charge in [-0.25, -0.2) is 0 Å². The van der Waals surface area contributed by atoms with Crippen LogP contribution in [-0.4, -0.2) is 41.9 Å². The lowest BCUT2D eigenvalue weighted by Crippen LogP contribution is -2.54. The second-order valence-electron chi connectivity index (χ2n) is 7.99. The summed E-state index contributed by atoms with van der Waals surface area (Å²) in [6.07, 6.45) is -3.27. The van der Waals surface area contributed by atoms with Crippen LogP contribution in [0.3, 0.4) is 0 Å². The molecule has 1 aliphatic rings.